The summed E-state index contributed by atoms with van der Waals surface area (Å²) in [6, 6.07) is 3.77. The van der Waals surface area contributed by atoms with Crippen LogP contribution >= 0.6 is 0 Å². The molecule has 18 heavy (non-hydrogen) atoms. The van der Waals surface area contributed by atoms with Crippen LogP contribution in [0.3, 0.4) is 0 Å². The van der Waals surface area contributed by atoms with E-state index < -0.39 is 0 Å². The van der Waals surface area contributed by atoms with Gasteiger partial charge in [0.2, 0.25) is 5.75 Å². The maximum absolute atomic E-state index is 5.34. The lowest BCUT2D eigenvalue weighted by atomic mass is 10.2. The standard InChI is InChI=1S/C12H18O4.C2H6/c1-5-16-8-9-6-10(13-2)12(15-4)11(7-9)14-3;1-2/h6-7H,5,8H2,1-4H3;1-2H3. The Labute approximate surface area is 110 Å². The maximum Gasteiger partial charge on any atom is 0.203 e. The normalized spacial score (nSPS) is 9.22. The highest BCUT2D eigenvalue weighted by atomic mass is 16.5. The first-order valence-corrected chi connectivity index (χ1v) is 6.13. The summed E-state index contributed by atoms with van der Waals surface area (Å²) in [5, 5.41) is 0. The van der Waals surface area contributed by atoms with Gasteiger partial charge in [-0.2, -0.15) is 0 Å². The lowest BCUT2D eigenvalue weighted by Crippen LogP contribution is -1.98. The van der Waals surface area contributed by atoms with E-state index >= 15 is 0 Å². The highest BCUT2D eigenvalue weighted by Gasteiger charge is 2.12. The molecular weight excluding hydrogens is 232 g/mol. The fourth-order valence-corrected chi connectivity index (χ4v) is 1.44. The van der Waals surface area contributed by atoms with Crippen molar-refractivity contribution in [1.29, 1.82) is 0 Å². The van der Waals surface area contributed by atoms with Crippen molar-refractivity contribution in [2.45, 2.75) is 27.4 Å². The van der Waals surface area contributed by atoms with Gasteiger partial charge in [0.1, 0.15) is 0 Å². The fourth-order valence-electron chi connectivity index (χ4n) is 1.44. The quantitative estimate of drug-likeness (QED) is 0.782. The Balaban J connectivity index is 0.00000137. The molecule has 0 amide bonds. The van der Waals surface area contributed by atoms with E-state index in [9.17, 15) is 0 Å². The van der Waals surface area contributed by atoms with Gasteiger partial charge in [-0.1, -0.05) is 13.8 Å². The third-order valence-corrected chi connectivity index (χ3v) is 2.20. The van der Waals surface area contributed by atoms with Crippen molar-refractivity contribution >= 4 is 0 Å². The Hall–Kier alpha value is -1.42. The van der Waals surface area contributed by atoms with Crippen LogP contribution in [0.4, 0.5) is 0 Å². The summed E-state index contributed by atoms with van der Waals surface area (Å²) in [4.78, 5) is 0. The Morgan fingerprint density at radius 1 is 0.889 bits per heavy atom. The largest absolute Gasteiger partial charge is 0.493 e. The predicted octanol–water partition coefficient (Wildman–Crippen LogP) is 3.28. The van der Waals surface area contributed by atoms with E-state index in [1.807, 2.05) is 32.9 Å². The molecule has 4 nitrogen and oxygen atoms in total. The van der Waals surface area contributed by atoms with Crippen LogP contribution in [0, 0.1) is 0 Å². The molecule has 0 unspecified atom stereocenters. The highest BCUT2D eigenvalue weighted by Crippen LogP contribution is 2.38. The minimum atomic E-state index is 0.535. The van der Waals surface area contributed by atoms with Crippen LogP contribution in [0.1, 0.15) is 26.3 Å². The zero-order valence-corrected chi connectivity index (χ0v) is 12.2. The summed E-state index contributed by atoms with van der Waals surface area (Å²) >= 11 is 0. The second kappa shape index (κ2) is 9.59. The van der Waals surface area contributed by atoms with Gasteiger partial charge in [0.15, 0.2) is 11.5 Å². The zero-order valence-electron chi connectivity index (χ0n) is 12.2. The van der Waals surface area contributed by atoms with Crippen LogP contribution in [0.15, 0.2) is 12.1 Å². The number of methoxy groups -OCH3 is 3. The van der Waals surface area contributed by atoms with Crippen molar-refractivity contribution in [1.82, 2.24) is 0 Å². The summed E-state index contributed by atoms with van der Waals surface area (Å²) in [6.07, 6.45) is 0. The molecule has 1 rings (SSSR count). The second-order valence-electron chi connectivity index (χ2n) is 3.17. The molecule has 0 spiro atoms. The molecule has 0 aliphatic rings. The Morgan fingerprint density at radius 3 is 1.72 bits per heavy atom. The van der Waals surface area contributed by atoms with Crippen LogP contribution in [-0.4, -0.2) is 27.9 Å². The third-order valence-electron chi connectivity index (χ3n) is 2.20. The molecule has 0 atom stereocenters. The van der Waals surface area contributed by atoms with Gasteiger partial charge < -0.3 is 18.9 Å². The summed E-state index contributed by atoms with van der Waals surface area (Å²) in [5.74, 6) is 1.90. The lowest BCUT2D eigenvalue weighted by molar-refractivity contribution is 0.133. The molecule has 1 aromatic rings. The molecule has 0 N–H and O–H groups in total. The molecule has 0 fully saturated rings. The van der Waals surface area contributed by atoms with Gasteiger partial charge in [-0.15, -0.1) is 0 Å². The first kappa shape index (κ1) is 16.6. The number of hydrogen-bond acceptors (Lipinski definition) is 4. The van der Waals surface area contributed by atoms with Crippen molar-refractivity contribution in [3.05, 3.63) is 17.7 Å². The molecule has 0 aliphatic carbocycles. The molecule has 104 valence electrons. The molecule has 1 aromatic carbocycles. The Bertz CT molecular complexity index is 312. The minimum absolute atomic E-state index is 0.535. The van der Waals surface area contributed by atoms with Crippen molar-refractivity contribution in [2.75, 3.05) is 27.9 Å². The Morgan fingerprint density at radius 2 is 1.39 bits per heavy atom. The molecule has 4 heteroatoms. The number of hydrogen-bond donors (Lipinski definition) is 0. The van der Waals surface area contributed by atoms with Gasteiger partial charge in [-0.3, -0.25) is 0 Å². The molecule has 0 aliphatic heterocycles. The van der Waals surface area contributed by atoms with Crippen molar-refractivity contribution in [3.63, 3.8) is 0 Å². The summed E-state index contributed by atoms with van der Waals surface area (Å²) in [6.45, 7) is 7.17. The van der Waals surface area contributed by atoms with Crippen LogP contribution < -0.4 is 14.2 Å². The molecular formula is C14H24O4. The predicted molar refractivity (Wildman–Crippen MR) is 72.8 cm³/mol. The first-order valence-electron chi connectivity index (χ1n) is 6.13. The van der Waals surface area contributed by atoms with E-state index in [0.717, 1.165) is 5.56 Å². The third kappa shape index (κ3) is 4.45. The van der Waals surface area contributed by atoms with Crippen LogP contribution in [0.5, 0.6) is 17.2 Å². The fraction of sp³-hybridized carbons (Fsp3) is 0.571. The van der Waals surface area contributed by atoms with Gasteiger partial charge in [-0.05, 0) is 24.6 Å². The Kier molecular flexibility index (Phi) is 8.84. The SMILES string of the molecule is CC.CCOCc1cc(OC)c(OC)c(OC)c1. The molecule has 0 heterocycles. The smallest absolute Gasteiger partial charge is 0.203 e. The van der Waals surface area contributed by atoms with Gasteiger partial charge in [0.25, 0.3) is 0 Å². The molecule has 0 aromatic heterocycles. The first-order chi connectivity index (χ1) is 8.76. The van der Waals surface area contributed by atoms with Crippen molar-refractivity contribution in [3.8, 4) is 17.2 Å². The molecule has 0 bridgehead atoms. The van der Waals surface area contributed by atoms with E-state index in [1.54, 1.807) is 21.3 Å². The topological polar surface area (TPSA) is 36.9 Å². The molecule has 0 saturated heterocycles. The van der Waals surface area contributed by atoms with E-state index in [-0.39, 0.29) is 0 Å². The molecule has 0 saturated carbocycles. The number of benzene rings is 1. The molecule has 0 radical (unpaired) electrons. The number of rotatable bonds is 6. The van der Waals surface area contributed by atoms with E-state index in [0.29, 0.717) is 30.5 Å². The average Bonchev–Trinajstić information content (AvgIpc) is 2.45. The van der Waals surface area contributed by atoms with Crippen LogP contribution in [0.25, 0.3) is 0 Å². The van der Waals surface area contributed by atoms with Crippen LogP contribution in [0.2, 0.25) is 0 Å². The average molecular weight is 256 g/mol. The zero-order chi connectivity index (χ0) is 14.0. The van der Waals surface area contributed by atoms with E-state index in [2.05, 4.69) is 0 Å². The van der Waals surface area contributed by atoms with Gasteiger partial charge in [-0.25, -0.2) is 0 Å². The van der Waals surface area contributed by atoms with Gasteiger partial charge in [0.05, 0.1) is 27.9 Å². The maximum atomic E-state index is 5.34. The van der Waals surface area contributed by atoms with Crippen LogP contribution in [-0.2, 0) is 11.3 Å². The monoisotopic (exact) mass is 256 g/mol. The van der Waals surface area contributed by atoms with Crippen molar-refractivity contribution < 1.29 is 18.9 Å². The van der Waals surface area contributed by atoms with Gasteiger partial charge >= 0.3 is 0 Å². The summed E-state index contributed by atoms with van der Waals surface area (Å²) in [7, 11) is 4.78. The summed E-state index contributed by atoms with van der Waals surface area (Å²) in [5.41, 5.74) is 0.997. The lowest BCUT2D eigenvalue weighted by Gasteiger charge is -2.13. The highest BCUT2D eigenvalue weighted by molar-refractivity contribution is 5.53. The summed E-state index contributed by atoms with van der Waals surface area (Å²) < 4.78 is 21.0. The second-order valence-corrected chi connectivity index (χ2v) is 3.17. The number of ether oxygens (including phenoxy) is 4. The minimum Gasteiger partial charge on any atom is -0.493 e. The van der Waals surface area contributed by atoms with Crippen molar-refractivity contribution in [2.24, 2.45) is 0 Å². The van der Waals surface area contributed by atoms with E-state index in [1.165, 1.54) is 0 Å². The van der Waals surface area contributed by atoms with E-state index in [4.69, 9.17) is 18.9 Å². The van der Waals surface area contributed by atoms with Gasteiger partial charge in [0, 0.05) is 6.61 Å².